The van der Waals surface area contributed by atoms with Crippen LogP contribution >= 0.6 is 0 Å². The van der Waals surface area contributed by atoms with Crippen molar-refractivity contribution in [3.63, 3.8) is 0 Å². The lowest BCUT2D eigenvalue weighted by Crippen LogP contribution is -2.36. The highest BCUT2D eigenvalue weighted by atomic mass is 19.4. The van der Waals surface area contributed by atoms with E-state index in [1.807, 2.05) is 19.1 Å². The van der Waals surface area contributed by atoms with E-state index in [9.17, 15) is 18.0 Å². The summed E-state index contributed by atoms with van der Waals surface area (Å²) < 4.78 is 38.0. The Morgan fingerprint density at radius 3 is 2.80 bits per heavy atom. The number of aromatic amines is 2. The number of nitrogens with one attached hydrogen (secondary N) is 2. The molecule has 25 heavy (non-hydrogen) atoms. The summed E-state index contributed by atoms with van der Waals surface area (Å²) in [6.07, 6.45) is -3.02. The molecule has 1 aromatic carbocycles. The summed E-state index contributed by atoms with van der Waals surface area (Å²) in [4.78, 5) is 22.8. The molecule has 0 bridgehead atoms. The maximum Gasteiger partial charge on any atom is 0.449 e. The largest absolute Gasteiger partial charge is 0.449 e. The third-order valence-corrected chi connectivity index (χ3v) is 4.49. The molecule has 8 heteroatoms. The smallest absolute Gasteiger partial charge is 0.358 e. The fourth-order valence-corrected chi connectivity index (χ4v) is 3.25. The van der Waals surface area contributed by atoms with Crippen molar-refractivity contribution in [3.8, 4) is 0 Å². The zero-order valence-corrected chi connectivity index (χ0v) is 13.4. The number of imidazole rings is 1. The topological polar surface area (TPSA) is 64.8 Å². The fraction of sp³-hybridized carbons (Fsp3) is 0.294. The molecule has 2 aromatic heterocycles. The molecule has 1 aliphatic heterocycles. The fourth-order valence-electron chi connectivity index (χ4n) is 3.25. The van der Waals surface area contributed by atoms with E-state index in [4.69, 9.17) is 0 Å². The van der Waals surface area contributed by atoms with Gasteiger partial charge in [-0.25, -0.2) is 4.98 Å². The third kappa shape index (κ3) is 2.67. The zero-order chi connectivity index (χ0) is 17.8. The average molecular weight is 348 g/mol. The van der Waals surface area contributed by atoms with Crippen molar-refractivity contribution in [2.75, 3.05) is 6.54 Å². The van der Waals surface area contributed by atoms with Crippen LogP contribution in [0.1, 0.15) is 33.1 Å². The standard InChI is InChI=1S/C17H15F3N4O/c1-9-2-3-12-10(6-9)11-8-24(5-4-13(11)22-12)15(25)14-7-21-16(23-14)17(18,19)20/h2-3,6-7,22H,4-5,8H2,1H3,(H,21,23). The van der Waals surface area contributed by atoms with E-state index >= 15 is 0 Å². The van der Waals surface area contributed by atoms with E-state index in [1.165, 1.54) is 0 Å². The molecule has 4 rings (SSSR count). The second kappa shape index (κ2) is 5.37. The molecule has 0 fully saturated rings. The SMILES string of the molecule is Cc1ccc2[nH]c3c(c2c1)CN(C(=O)c1cnc(C(F)(F)F)[nH]1)CC3. The molecule has 0 radical (unpaired) electrons. The number of H-pyrrole nitrogens is 2. The second-order valence-electron chi connectivity index (χ2n) is 6.25. The maximum absolute atomic E-state index is 12.7. The maximum atomic E-state index is 12.7. The quantitative estimate of drug-likeness (QED) is 0.708. The molecule has 0 saturated heterocycles. The van der Waals surface area contributed by atoms with Crippen LogP contribution in [0, 0.1) is 6.92 Å². The number of carbonyl (C=O) groups excluding carboxylic acids is 1. The van der Waals surface area contributed by atoms with Gasteiger partial charge in [0.1, 0.15) is 5.69 Å². The highest BCUT2D eigenvalue weighted by molar-refractivity contribution is 5.93. The van der Waals surface area contributed by atoms with Gasteiger partial charge in [0.05, 0.1) is 6.20 Å². The average Bonchev–Trinajstić information content (AvgIpc) is 3.18. The van der Waals surface area contributed by atoms with Crippen molar-refractivity contribution < 1.29 is 18.0 Å². The monoisotopic (exact) mass is 348 g/mol. The van der Waals surface area contributed by atoms with Gasteiger partial charge in [-0.05, 0) is 19.1 Å². The molecule has 3 aromatic rings. The third-order valence-electron chi connectivity index (χ3n) is 4.49. The van der Waals surface area contributed by atoms with Gasteiger partial charge >= 0.3 is 6.18 Å². The number of benzene rings is 1. The van der Waals surface area contributed by atoms with E-state index in [0.717, 1.165) is 33.9 Å². The molecule has 0 aliphatic carbocycles. The minimum atomic E-state index is -4.60. The predicted octanol–water partition coefficient (Wildman–Crippen LogP) is 3.42. The van der Waals surface area contributed by atoms with Crippen LogP contribution in [0.15, 0.2) is 24.4 Å². The second-order valence-corrected chi connectivity index (χ2v) is 6.25. The van der Waals surface area contributed by atoms with Crippen molar-refractivity contribution >= 4 is 16.8 Å². The molecule has 0 unspecified atom stereocenters. The van der Waals surface area contributed by atoms with E-state index < -0.39 is 17.9 Å². The Morgan fingerprint density at radius 1 is 1.28 bits per heavy atom. The number of amides is 1. The summed E-state index contributed by atoms with van der Waals surface area (Å²) in [5.74, 6) is -1.63. The molecule has 0 spiro atoms. The van der Waals surface area contributed by atoms with Crippen LogP contribution in [0.3, 0.4) is 0 Å². The van der Waals surface area contributed by atoms with Gasteiger partial charge in [-0.15, -0.1) is 0 Å². The molecule has 0 atom stereocenters. The molecule has 130 valence electrons. The number of carbonyl (C=O) groups is 1. The minimum Gasteiger partial charge on any atom is -0.358 e. The Labute approximate surface area is 140 Å². The molecular formula is C17H15F3N4O. The van der Waals surface area contributed by atoms with Crippen LogP contribution in [0.25, 0.3) is 10.9 Å². The number of aromatic nitrogens is 3. The predicted molar refractivity (Wildman–Crippen MR) is 85.1 cm³/mol. The lowest BCUT2D eigenvalue weighted by atomic mass is 10.0. The van der Waals surface area contributed by atoms with E-state index in [-0.39, 0.29) is 5.69 Å². The molecule has 1 amide bonds. The highest BCUT2D eigenvalue weighted by Gasteiger charge is 2.35. The summed E-state index contributed by atoms with van der Waals surface area (Å²) >= 11 is 0. The molecule has 1 aliphatic rings. The summed E-state index contributed by atoms with van der Waals surface area (Å²) in [7, 11) is 0. The summed E-state index contributed by atoms with van der Waals surface area (Å²) in [5.41, 5.74) is 4.07. The Balaban J connectivity index is 1.63. The van der Waals surface area contributed by atoms with Crippen molar-refractivity contribution in [3.05, 3.63) is 52.7 Å². The molecule has 0 saturated carbocycles. The van der Waals surface area contributed by atoms with Gasteiger partial charge in [-0.1, -0.05) is 11.6 Å². The lowest BCUT2D eigenvalue weighted by Gasteiger charge is -2.26. The van der Waals surface area contributed by atoms with Gasteiger partial charge in [0.2, 0.25) is 5.82 Å². The highest BCUT2D eigenvalue weighted by Crippen LogP contribution is 2.30. The number of nitrogens with zero attached hydrogens (tertiary/aromatic N) is 2. The number of fused-ring (bicyclic) bond motifs is 3. The van der Waals surface area contributed by atoms with Crippen molar-refractivity contribution in [2.45, 2.75) is 26.1 Å². The first-order valence-corrected chi connectivity index (χ1v) is 7.84. The number of alkyl halides is 3. The van der Waals surface area contributed by atoms with E-state index in [2.05, 4.69) is 21.0 Å². The first-order chi connectivity index (χ1) is 11.8. The summed E-state index contributed by atoms with van der Waals surface area (Å²) in [6.45, 7) is 2.80. The molecule has 2 N–H and O–H groups in total. The van der Waals surface area contributed by atoms with Gasteiger partial charge in [0.15, 0.2) is 0 Å². The number of hydrogen-bond acceptors (Lipinski definition) is 2. The van der Waals surface area contributed by atoms with Gasteiger partial charge in [-0.3, -0.25) is 4.79 Å². The Morgan fingerprint density at radius 2 is 2.08 bits per heavy atom. The van der Waals surface area contributed by atoms with E-state index in [1.54, 1.807) is 4.90 Å². The molecule has 3 heterocycles. The van der Waals surface area contributed by atoms with E-state index in [0.29, 0.717) is 19.5 Å². The minimum absolute atomic E-state index is 0.146. The Kier molecular flexibility index (Phi) is 3.38. The molecule has 5 nitrogen and oxygen atoms in total. The van der Waals surface area contributed by atoms with Crippen molar-refractivity contribution in [2.24, 2.45) is 0 Å². The first-order valence-electron chi connectivity index (χ1n) is 7.84. The molecular weight excluding hydrogens is 333 g/mol. The lowest BCUT2D eigenvalue weighted by molar-refractivity contribution is -0.144. The van der Waals surface area contributed by atoms with Crippen LogP contribution in [-0.2, 0) is 19.1 Å². The van der Waals surface area contributed by atoms with Crippen LogP contribution in [-0.4, -0.2) is 32.3 Å². The van der Waals surface area contributed by atoms with Crippen LogP contribution in [0.4, 0.5) is 13.2 Å². The Hall–Kier alpha value is -2.77. The number of halogens is 3. The number of rotatable bonds is 1. The van der Waals surface area contributed by atoms with Gasteiger partial charge in [0, 0.05) is 41.7 Å². The van der Waals surface area contributed by atoms with Gasteiger partial charge < -0.3 is 14.9 Å². The number of hydrogen-bond donors (Lipinski definition) is 2. The van der Waals surface area contributed by atoms with Gasteiger partial charge in [-0.2, -0.15) is 13.2 Å². The summed E-state index contributed by atoms with van der Waals surface area (Å²) in [6, 6.07) is 6.06. The van der Waals surface area contributed by atoms with Crippen LogP contribution in [0.2, 0.25) is 0 Å². The van der Waals surface area contributed by atoms with Gasteiger partial charge in [0.25, 0.3) is 5.91 Å². The normalized spacial score (nSPS) is 14.8. The summed E-state index contributed by atoms with van der Waals surface area (Å²) in [5, 5.41) is 1.05. The van der Waals surface area contributed by atoms with Crippen LogP contribution < -0.4 is 0 Å². The van der Waals surface area contributed by atoms with Crippen molar-refractivity contribution in [1.29, 1.82) is 0 Å². The zero-order valence-electron chi connectivity index (χ0n) is 13.4. The van der Waals surface area contributed by atoms with Crippen molar-refractivity contribution in [1.82, 2.24) is 19.9 Å². The first kappa shape index (κ1) is 15.7. The van der Waals surface area contributed by atoms with Crippen LogP contribution in [0.5, 0.6) is 0 Å². The Bertz CT molecular complexity index is 970. The number of aryl methyl sites for hydroxylation is 1.